The zero-order valence-electron chi connectivity index (χ0n) is 14.0. The Morgan fingerprint density at radius 2 is 1.82 bits per heavy atom. The summed E-state index contributed by atoms with van der Waals surface area (Å²) in [6.45, 7) is 6.56. The number of hydrogen-bond acceptors (Lipinski definition) is 4. The number of aliphatic hydroxyl groups is 2. The molecule has 0 aromatic rings. The molecule has 0 bridgehead atoms. The molecule has 5 heteroatoms. The van der Waals surface area contributed by atoms with E-state index in [4.69, 9.17) is 3.07 Å². The van der Waals surface area contributed by atoms with Gasteiger partial charge in [-0.15, -0.1) is 0 Å². The van der Waals surface area contributed by atoms with Crippen LogP contribution in [-0.2, 0) is 3.07 Å². The van der Waals surface area contributed by atoms with Gasteiger partial charge in [0.15, 0.2) is 0 Å². The van der Waals surface area contributed by atoms with Crippen LogP contribution in [0.1, 0.15) is 52.4 Å². The molecule has 1 aliphatic heterocycles. The second-order valence-electron chi connectivity index (χ2n) is 7.74. The van der Waals surface area contributed by atoms with E-state index in [9.17, 15) is 10.2 Å². The normalized spacial score (nSPS) is 37.6. The van der Waals surface area contributed by atoms with Crippen molar-refractivity contribution in [2.75, 3.05) is 19.7 Å². The lowest BCUT2D eigenvalue weighted by Gasteiger charge is -2.43. The van der Waals surface area contributed by atoms with E-state index in [1.165, 1.54) is 32.1 Å². The van der Waals surface area contributed by atoms with Crippen molar-refractivity contribution < 1.29 is 13.3 Å². The molecule has 1 saturated heterocycles. The van der Waals surface area contributed by atoms with Gasteiger partial charge in [-0.2, -0.15) is 0 Å². The van der Waals surface area contributed by atoms with Crippen molar-refractivity contribution in [2.24, 2.45) is 17.8 Å². The third-order valence-corrected chi connectivity index (χ3v) is 6.12. The van der Waals surface area contributed by atoms with Crippen LogP contribution in [0.3, 0.4) is 0 Å². The Labute approximate surface area is 149 Å². The number of rotatable bonds is 6. The molecule has 2 fully saturated rings. The smallest absolute Gasteiger partial charge is 0.110 e. The van der Waals surface area contributed by atoms with Crippen molar-refractivity contribution in [1.29, 1.82) is 0 Å². The van der Waals surface area contributed by atoms with Crippen LogP contribution in [0.25, 0.3) is 0 Å². The Bertz CT molecular complexity index is 321. The maximum Gasteiger partial charge on any atom is 0.110 e. The maximum absolute atomic E-state index is 10.0. The van der Waals surface area contributed by atoms with Crippen LogP contribution < -0.4 is 0 Å². The quantitative estimate of drug-likeness (QED) is 0.643. The van der Waals surface area contributed by atoms with Gasteiger partial charge in [0.25, 0.3) is 0 Å². The fourth-order valence-corrected chi connectivity index (χ4v) is 4.73. The number of hydrogen-bond donors (Lipinski definition) is 2. The standard InChI is InChI=1S/C17H32INO3/c1-12(2)7-13-3-5-14(6-4-13)9-19-10-17(22-18)16(21)8-15(19)11-20/h12-17,20-21H,3-11H2,1-2H3/t13-,14+,15-,16+,17+/m1/s1. The van der Waals surface area contributed by atoms with Crippen molar-refractivity contribution in [2.45, 2.75) is 70.6 Å². The highest BCUT2D eigenvalue weighted by Crippen LogP contribution is 2.34. The van der Waals surface area contributed by atoms with E-state index < -0.39 is 6.10 Å². The highest BCUT2D eigenvalue weighted by atomic mass is 127. The highest BCUT2D eigenvalue weighted by Gasteiger charge is 2.36. The van der Waals surface area contributed by atoms with Gasteiger partial charge in [0.05, 0.1) is 12.7 Å². The molecule has 0 unspecified atom stereocenters. The Balaban J connectivity index is 1.82. The summed E-state index contributed by atoms with van der Waals surface area (Å²) in [4.78, 5) is 2.35. The van der Waals surface area contributed by atoms with E-state index in [-0.39, 0.29) is 18.8 Å². The summed E-state index contributed by atoms with van der Waals surface area (Å²) in [5, 5.41) is 19.7. The van der Waals surface area contributed by atoms with Crippen LogP contribution in [0, 0.1) is 17.8 Å². The predicted molar refractivity (Wildman–Crippen MR) is 96.9 cm³/mol. The minimum atomic E-state index is -0.452. The van der Waals surface area contributed by atoms with Gasteiger partial charge in [-0.1, -0.05) is 26.7 Å². The van der Waals surface area contributed by atoms with Crippen LogP contribution in [0.5, 0.6) is 0 Å². The molecule has 3 atom stereocenters. The molecule has 130 valence electrons. The number of piperidine rings is 1. The topological polar surface area (TPSA) is 52.9 Å². The lowest BCUT2D eigenvalue weighted by atomic mass is 9.78. The molecule has 0 aromatic carbocycles. The first kappa shape index (κ1) is 18.9. The Hall–Kier alpha value is 0.570. The molecular formula is C17H32INO3. The number of halogens is 1. The monoisotopic (exact) mass is 425 g/mol. The fourth-order valence-electron chi connectivity index (χ4n) is 4.23. The summed E-state index contributed by atoms with van der Waals surface area (Å²) < 4.78 is 5.37. The molecule has 1 saturated carbocycles. The fraction of sp³-hybridized carbons (Fsp3) is 1.00. The zero-order chi connectivity index (χ0) is 16.1. The second kappa shape index (κ2) is 9.16. The number of likely N-dealkylation sites (tertiary alicyclic amines) is 1. The summed E-state index contributed by atoms with van der Waals surface area (Å²) in [6.07, 6.45) is 6.74. The third-order valence-electron chi connectivity index (χ3n) is 5.46. The lowest BCUT2D eigenvalue weighted by molar-refractivity contribution is -0.0524. The summed E-state index contributed by atoms with van der Waals surface area (Å²) in [7, 11) is 0. The average Bonchev–Trinajstić information content (AvgIpc) is 2.50. The largest absolute Gasteiger partial charge is 0.395 e. The van der Waals surface area contributed by atoms with Gasteiger partial charge in [0.1, 0.15) is 29.1 Å². The lowest BCUT2D eigenvalue weighted by Crippen LogP contribution is -2.55. The molecule has 0 radical (unpaired) electrons. The molecule has 2 N–H and O–H groups in total. The van der Waals surface area contributed by atoms with Crippen LogP contribution in [-0.4, -0.2) is 53.1 Å². The first-order chi connectivity index (χ1) is 10.5. The molecule has 0 amide bonds. The van der Waals surface area contributed by atoms with Gasteiger partial charge >= 0.3 is 0 Å². The summed E-state index contributed by atoms with van der Waals surface area (Å²) >= 11 is 1.89. The molecule has 1 heterocycles. The van der Waals surface area contributed by atoms with E-state index in [1.807, 2.05) is 23.0 Å². The van der Waals surface area contributed by atoms with E-state index in [2.05, 4.69) is 18.7 Å². The van der Waals surface area contributed by atoms with E-state index >= 15 is 0 Å². The summed E-state index contributed by atoms with van der Waals surface area (Å²) in [6, 6.07) is 0.0891. The first-order valence-corrected chi connectivity index (χ1v) is 9.71. The molecule has 4 nitrogen and oxygen atoms in total. The Kier molecular flexibility index (Phi) is 7.87. The number of aliphatic hydroxyl groups excluding tert-OH is 2. The van der Waals surface area contributed by atoms with Gasteiger partial charge in [0, 0.05) is 19.1 Å². The number of nitrogens with zero attached hydrogens (tertiary/aromatic N) is 1. The van der Waals surface area contributed by atoms with Crippen LogP contribution in [0.2, 0.25) is 0 Å². The van der Waals surface area contributed by atoms with E-state index in [0.717, 1.165) is 30.8 Å². The van der Waals surface area contributed by atoms with Crippen molar-refractivity contribution >= 4 is 23.0 Å². The third kappa shape index (κ3) is 5.30. The van der Waals surface area contributed by atoms with Gasteiger partial charge in [-0.05, 0) is 43.4 Å². The molecule has 22 heavy (non-hydrogen) atoms. The van der Waals surface area contributed by atoms with Crippen LogP contribution >= 0.6 is 23.0 Å². The Morgan fingerprint density at radius 3 is 2.36 bits per heavy atom. The van der Waals surface area contributed by atoms with Gasteiger partial charge in [-0.25, -0.2) is 0 Å². The highest BCUT2D eigenvalue weighted by molar-refractivity contribution is 14.1. The molecule has 2 rings (SSSR count). The SMILES string of the molecule is CC(C)C[C@H]1CC[C@@H](CN2C[C@H](OI)[C@@H](O)C[C@@H]2CO)CC1. The summed E-state index contributed by atoms with van der Waals surface area (Å²) in [5.74, 6) is 2.46. The van der Waals surface area contributed by atoms with Crippen molar-refractivity contribution in [3.63, 3.8) is 0 Å². The second-order valence-corrected chi connectivity index (χ2v) is 8.25. The zero-order valence-corrected chi connectivity index (χ0v) is 16.1. The van der Waals surface area contributed by atoms with Gasteiger partial charge in [-0.3, -0.25) is 4.90 Å². The van der Waals surface area contributed by atoms with E-state index in [1.54, 1.807) is 0 Å². The molecule has 2 aliphatic rings. The van der Waals surface area contributed by atoms with Crippen molar-refractivity contribution in [1.82, 2.24) is 4.90 Å². The minimum Gasteiger partial charge on any atom is -0.395 e. The molecule has 0 spiro atoms. The van der Waals surface area contributed by atoms with Gasteiger partial charge in [0.2, 0.25) is 0 Å². The summed E-state index contributed by atoms with van der Waals surface area (Å²) in [5.41, 5.74) is 0. The first-order valence-electron chi connectivity index (χ1n) is 8.83. The van der Waals surface area contributed by atoms with Crippen molar-refractivity contribution in [3.8, 4) is 0 Å². The maximum atomic E-state index is 10.0. The predicted octanol–water partition coefficient (Wildman–Crippen LogP) is 3.00. The molecule has 1 aliphatic carbocycles. The minimum absolute atomic E-state index is 0.0891. The molecular weight excluding hydrogens is 393 g/mol. The molecule has 0 aromatic heterocycles. The Morgan fingerprint density at radius 1 is 1.18 bits per heavy atom. The van der Waals surface area contributed by atoms with E-state index in [0.29, 0.717) is 6.42 Å². The average molecular weight is 425 g/mol. The van der Waals surface area contributed by atoms with Crippen LogP contribution in [0.15, 0.2) is 0 Å². The van der Waals surface area contributed by atoms with Gasteiger partial charge < -0.3 is 13.3 Å². The van der Waals surface area contributed by atoms with Crippen LogP contribution in [0.4, 0.5) is 0 Å². The van der Waals surface area contributed by atoms with Crippen molar-refractivity contribution in [3.05, 3.63) is 0 Å².